The minimum absolute atomic E-state index is 0.256. The van der Waals surface area contributed by atoms with Gasteiger partial charge in [0.2, 0.25) is 0 Å². The Bertz CT molecular complexity index is 244. The van der Waals surface area contributed by atoms with Crippen molar-refractivity contribution in [2.45, 2.75) is 52.3 Å². The van der Waals surface area contributed by atoms with E-state index in [0.717, 1.165) is 0 Å². The van der Waals surface area contributed by atoms with Gasteiger partial charge in [0.1, 0.15) is 11.6 Å². The van der Waals surface area contributed by atoms with Crippen molar-refractivity contribution < 1.29 is 20.1 Å². The summed E-state index contributed by atoms with van der Waals surface area (Å²) in [6, 6.07) is -1.02. The highest BCUT2D eigenvalue weighted by molar-refractivity contribution is 5.86. The molecule has 0 radical (unpaired) electrons. The second kappa shape index (κ2) is 5.11. The zero-order valence-electron chi connectivity index (χ0n) is 10.1. The van der Waals surface area contributed by atoms with E-state index in [-0.39, 0.29) is 11.9 Å². The van der Waals surface area contributed by atoms with E-state index in [1.54, 1.807) is 34.6 Å². The highest BCUT2D eigenvalue weighted by Crippen LogP contribution is 2.08. The van der Waals surface area contributed by atoms with E-state index in [9.17, 15) is 9.59 Å². The number of rotatable bonds is 3. The van der Waals surface area contributed by atoms with Gasteiger partial charge < -0.3 is 15.8 Å². The van der Waals surface area contributed by atoms with Gasteiger partial charge in [-0.15, -0.1) is 0 Å². The van der Waals surface area contributed by atoms with Gasteiger partial charge in [-0.05, 0) is 34.6 Å². The van der Waals surface area contributed by atoms with Crippen LogP contribution in [-0.4, -0.2) is 29.6 Å². The van der Waals surface area contributed by atoms with Crippen LogP contribution in [0.25, 0.3) is 0 Å². The molecular formula is C10H21N2O3+. The lowest BCUT2D eigenvalue weighted by molar-refractivity contribution is -0.398. The zero-order valence-corrected chi connectivity index (χ0v) is 10.1. The Morgan fingerprint density at radius 3 is 2.07 bits per heavy atom. The van der Waals surface area contributed by atoms with Crippen LogP contribution in [0.3, 0.4) is 0 Å². The molecule has 0 saturated carbocycles. The van der Waals surface area contributed by atoms with Crippen molar-refractivity contribution in [3.05, 3.63) is 0 Å². The summed E-state index contributed by atoms with van der Waals surface area (Å²) in [5, 5.41) is 2.53. The summed E-state index contributed by atoms with van der Waals surface area (Å²) in [6.45, 7) is 8.60. The van der Waals surface area contributed by atoms with Gasteiger partial charge in [0.25, 0.3) is 5.91 Å². The Labute approximate surface area is 90.4 Å². The molecule has 0 rings (SSSR count). The fraction of sp³-hybridized carbons (Fsp3) is 0.800. The molecule has 88 valence electrons. The molecule has 0 aromatic heterocycles. The zero-order chi connectivity index (χ0) is 12.2. The number of carbonyl (C=O) groups excluding carboxylic acids is 2. The number of esters is 1. The number of quaternary nitrogens is 1. The Morgan fingerprint density at radius 1 is 1.27 bits per heavy atom. The molecule has 1 amide bonds. The largest absolute Gasteiger partial charge is 0.458 e. The van der Waals surface area contributed by atoms with E-state index in [0.29, 0.717) is 0 Å². The highest BCUT2D eigenvalue weighted by atomic mass is 16.6. The topological polar surface area (TPSA) is 83.0 Å². The molecule has 15 heavy (non-hydrogen) atoms. The predicted octanol–water partition coefficient (Wildman–Crippen LogP) is -0.537. The quantitative estimate of drug-likeness (QED) is 0.623. The van der Waals surface area contributed by atoms with E-state index >= 15 is 0 Å². The highest BCUT2D eigenvalue weighted by Gasteiger charge is 2.24. The lowest BCUT2D eigenvalue weighted by atomic mass is 10.2. The molecule has 0 aromatic carbocycles. The first kappa shape index (κ1) is 13.9. The molecule has 5 heteroatoms. The maximum Gasteiger partial charge on any atom is 0.328 e. The summed E-state index contributed by atoms with van der Waals surface area (Å²) in [6.07, 6.45) is 0. The van der Waals surface area contributed by atoms with Crippen LogP contribution in [0.4, 0.5) is 0 Å². The van der Waals surface area contributed by atoms with Crippen molar-refractivity contribution in [2.24, 2.45) is 0 Å². The molecule has 0 fully saturated rings. The van der Waals surface area contributed by atoms with Crippen LogP contribution in [0.5, 0.6) is 0 Å². The molecule has 0 aliphatic rings. The molecule has 2 atom stereocenters. The molecule has 0 aliphatic heterocycles. The molecule has 0 unspecified atom stereocenters. The van der Waals surface area contributed by atoms with Crippen LogP contribution in [-0.2, 0) is 14.3 Å². The number of hydrogen-bond acceptors (Lipinski definition) is 3. The van der Waals surface area contributed by atoms with Gasteiger partial charge in [0.15, 0.2) is 6.04 Å². The first-order valence-electron chi connectivity index (χ1n) is 5.00. The van der Waals surface area contributed by atoms with E-state index in [4.69, 9.17) is 4.74 Å². The molecule has 0 saturated heterocycles. The molecule has 0 aliphatic carbocycles. The molecule has 0 heterocycles. The maximum atomic E-state index is 11.5. The maximum absolute atomic E-state index is 11.5. The molecule has 0 bridgehead atoms. The molecule has 0 spiro atoms. The average Bonchev–Trinajstić information content (AvgIpc) is 2.00. The smallest absolute Gasteiger partial charge is 0.328 e. The number of ether oxygens (including phenoxy) is 1. The number of hydrogen-bond donors (Lipinski definition) is 2. The van der Waals surface area contributed by atoms with Gasteiger partial charge in [-0.3, -0.25) is 4.79 Å². The first-order chi connectivity index (χ1) is 6.63. The minimum atomic E-state index is -0.638. The monoisotopic (exact) mass is 217 g/mol. The lowest BCUT2D eigenvalue weighted by Gasteiger charge is -2.22. The van der Waals surface area contributed by atoms with E-state index in [1.807, 2.05) is 0 Å². The summed E-state index contributed by atoms with van der Waals surface area (Å²) >= 11 is 0. The Hall–Kier alpha value is -1.10. The predicted molar refractivity (Wildman–Crippen MR) is 55.8 cm³/mol. The number of carbonyl (C=O) groups is 2. The third-order valence-electron chi connectivity index (χ3n) is 1.57. The van der Waals surface area contributed by atoms with Gasteiger partial charge in [-0.25, -0.2) is 4.79 Å². The Balaban J connectivity index is 4.17. The molecular weight excluding hydrogens is 196 g/mol. The molecule has 4 N–H and O–H groups in total. The van der Waals surface area contributed by atoms with Crippen molar-refractivity contribution in [3.63, 3.8) is 0 Å². The number of amides is 1. The van der Waals surface area contributed by atoms with Crippen LogP contribution in [0.2, 0.25) is 0 Å². The van der Waals surface area contributed by atoms with Crippen molar-refractivity contribution in [2.75, 3.05) is 0 Å². The van der Waals surface area contributed by atoms with Crippen LogP contribution >= 0.6 is 0 Å². The van der Waals surface area contributed by atoms with E-state index in [2.05, 4.69) is 11.1 Å². The fourth-order valence-corrected chi connectivity index (χ4v) is 0.805. The summed E-state index contributed by atoms with van der Waals surface area (Å²) in [5.74, 6) is -0.690. The summed E-state index contributed by atoms with van der Waals surface area (Å²) < 4.78 is 5.11. The minimum Gasteiger partial charge on any atom is -0.458 e. The van der Waals surface area contributed by atoms with Gasteiger partial charge in [-0.2, -0.15) is 0 Å². The van der Waals surface area contributed by atoms with Gasteiger partial charge in [0, 0.05) is 0 Å². The summed E-state index contributed by atoms with van der Waals surface area (Å²) in [7, 11) is 0. The van der Waals surface area contributed by atoms with Gasteiger partial charge >= 0.3 is 5.97 Å². The Kier molecular flexibility index (Phi) is 4.74. The lowest BCUT2D eigenvalue weighted by Crippen LogP contribution is -2.66. The number of nitrogens with one attached hydrogen (secondary N) is 1. The molecule has 0 aromatic rings. The van der Waals surface area contributed by atoms with Crippen molar-refractivity contribution in [1.29, 1.82) is 0 Å². The van der Waals surface area contributed by atoms with E-state index < -0.39 is 17.6 Å². The van der Waals surface area contributed by atoms with Crippen LogP contribution < -0.4 is 11.1 Å². The van der Waals surface area contributed by atoms with Crippen molar-refractivity contribution in [1.82, 2.24) is 5.32 Å². The van der Waals surface area contributed by atoms with Crippen LogP contribution in [0, 0.1) is 0 Å². The normalized spacial score (nSPS) is 15.3. The van der Waals surface area contributed by atoms with Gasteiger partial charge in [0.05, 0.1) is 0 Å². The standard InChI is InChI=1S/C10H20N2O3/c1-6(11)8(13)12-7(2)9(14)15-10(3,4)5/h6-7H,11H2,1-5H3,(H,12,13)/p+1/t6-,7-/m0/s1. The summed E-state index contributed by atoms with van der Waals surface area (Å²) in [4.78, 5) is 22.7. The Morgan fingerprint density at radius 2 is 1.73 bits per heavy atom. The summed E-state index contributed by atoms with van der Waals surface area (Å²) in [5.41, 5.74) is 3.03. The van der Waals surface area contributed by atoms with Crippen LogP contribution in [0.1, 0.15) is 34.6 Å². The second-order valence-corrected chi connectivity index (χ2v) is 4.66. The van der Waals surface area contributed by atoms with E-state index in [1.165, 1.54) is 0 Å². The first-order valence-corrected chi connectivity index (χ1v) is 5.00. The van der Waals surface area contributed by atoms with Crippen LogP contribution in [0.15, 0.2) is 0 Å². The average molecular weight is 217 g/mol. The second-order valence-electron chi connectivity index (χ2n) is 4.66. The van der Waals surface area contributed by atoms with Gasteiger partial charge in [-0.1, -0.05) is 0 Å². The third-order valence-corrected chi connectivity index (χ3v) is 1.57. The fourth-order valence-electron chi connectivity index (χ4n) is 0.805. The SMILES string of the molecule is C[C@H]([NH3+])C(=O)N[C@@H](C)C(=O)OC(C)(C)C. The van der Waals surface area contributed by atoms with Crippen molar-refractivity contribution >= 4 is 11.9 Å². The molecule has 5 nitrogen and oxygen atoms in total. The third kappa shape index (κ3) is 6.06. The van der Waals surface area contributed by atoms with Crippen molar-refractivity contribution in [3.8, 4) is 0 Å².